The fourth-order valence-electron chi connectivity index (χ4n) is 1.90. The first-order valence-electron chi connectivity index (χ1n) is 5.63. The molecule has 2 N–H and O–H groups in total. The van der Waals surface area contributed by atoms with Gasteiger partial charge in [-0.05, 0) is 60.2 Å². The fourth-order valence-corrected chi connectivity index (χ4v) is 2.80. The number of nitrogens with one attached hydrogen (secondary N) is 2. The molecule has 0 aliphatic carbocycles. The first-order valence-corrected chi connectivity index (χ1v) is 7.09. The summed E-state index contributed by atoms with van der Waals surface area (Å²) in [6, 6.07) is 5.62. The molecule has 92 valence electrons. The quantitative estimate of drug-likeness (QED) is 0.792. The lowest BCUT2D eigenvalue weighted by Gasteiger charge is -2.22. The summed E-state index contributed by atoms with van der Waals surface area (Å²) >= 11 is 8.27. The Balaban J connectivity index is 2.02. The van der Waals surface area contributed by atoms with E-state index >= 15 is 0 Å². The number of benzene rings is 1. The Kier molecular flexibility index (Phi) is 4.64. The number of hydrogen-bond donors (Lipinski definition) is 2. The lowest BCUT2D eigenvalue weighted by Crippen LogP contribution is -2.37. The van der Waals surface area contributed by atoms with Crippen LogP contribution >= 0.6 is 34.2 Å². The van der Waals surface area contributed by atoms with Crippen molar-refractivity contribution in [2.75, 3.05) is 18.4 Å². The molecule has 1 aromatic rings. The van der Waals surface area contributed by atoms with Crippen LogP contribution in [0.1, 0.15) is 12.8 Å². The number of carbonyl (C=O) groups excluding carboxylic acids is 1. The minimum atomic E-state index is 0.0547. The van der Waals surface area contributed by atoms with E-state index in [1.54, 1.807) is 0 Å². The van der Waals surface area contributed by atoms with Gasteiger partial charge in [-0.1, -0.05) is 11.6 Å². The topological polar surface area (TPSA) is 41.1 Å². The van der Waals surface area contributed by atoms with Crippen molar-refractivity contribution in [2.45, 2.75) is 12.8 Å². The van der Waals surface area contributed by atoms with Crippen LogP contribution < -0.4 is 10.6 Å². The standard InChI is InChI=1S/C12H14ClIN2O/c13-10-6-9(14)3-4-11(10)16-12(17)8-2-1-5-15-7-8/h3-4,6,8,15H,1-2,5,7H2,(H,16,17). The predicted molar refractivity (Wildman–Crippen MR) is 78.4 cm³/mol. The Labute approximate surface area is 119 Å². The summed E-state index contributed by atoms with van der Waals surface area (Å²) in [5.74, 6) is 0.111. The summed E-state index contributed by atoms with van der Waals surface area (Å²) in [5.41, 5.74) is 0.697. The molecule has 5 heteroatoms. The Morgan fingerprint density at radius 2 is 2.35 bits per heavy atom. The molecule has 0 radical (unpaired) electrons. The smallest absolute Gasteiger partial charge is 0.228 e. The number of anilines is 1. The molecule has 17 heavy (non-hydrogen) atoms. The van der Waals surface area contributed by atoms with Crippen molar-refractivity contribution in [3.8, 4) is 0 Å². The molecule has 0 bridgehead atoms. The van der Waals surface area contributed by atoms with Crippen LogP contribution in [0.2, 0.25) is 5.02 Å². The maximum Gasteiger partial charge on any atom is 0.228 e. The van der Waals surface area contributed by atoms with Gasteiger partial charge in [0.05, 0.1) is 16.6 Å². The molecule has 1 fully saturated rings. The molecule has 0 spiro atoms. The van der Waals surface area contributed by atoms with Crippen molar-refractivity contribution in [2.24, 2.45) is 5.92 Å². The highest BCUT2D eigenvalue weighted by Crippen LogP contribution is 2.24. The summed E-state index contributed by atoms with van der Waals surface area (Å²) in [6.07, 6.45) is 2.00. The first-order chi connectivity index (χ1) is 8.16. The molecule has 3 nitrogen and oxygen atoms in total. The molecular weight excluding hydrogens is 351 g/mol. The minimum absolute atomic E-state index is 0.0547. The van der Waals surface area contributed by atoms with Crippen molar-refractivity contribution in [3.63, 3.8) is 0 Å². The summed E-state index contributed by atoms with van der Waals surface area (Å²) in [7, 11) is 0. The molecule has 1 unspecified atom stereocenters. The molecule has 1 aliphatic heterocycles. The van der Waals surface area contributed by atoms with Gasteiger partial charge in [-0.25, -0.2) is 0 Å². The lowest BCUT2D eigenvalue weighted by molar-refractivity contribution is -0.120. The van der Waals surface area contributed by atoms with Gasteiger partial charge >= 0.3 is 0 Å². The van der Waals surface area contributed by atoms with Gasteiger partial charge in [-0.2, -0.15) is 0 Å². The van der Waals surface area contributed by atoms with Crippen molar-refractivity contribution in [1.82, 2.24) is 5.32 Å². The number of halogens is 2. The number of amides is 1. The summed E-state index contributed by atoms with van der Waals surface area (Å²) < 4.78 is 1.06. The van der Waals surface area contributed by atoms with Crippen LogP contribution in [0.5, 0.6) is 0 Å². The number of carbonyl (C=O) groups is 1. The molecule has 1 saturated heterocycles. The van der Waals surface area contributed by atoms with E-state index in [0.29, 0.717) is 10.7 Å². The molecule has 1 amide bonds. The van der Waals surface area contributed by atoms with Gasteiger partial charge in [0.15, 0.2) is 0 Å². The minimum Gasteiger partial charge on any atom is -0.324 e. The highest BCUT2D eigenvalue weighted by molar-refractivity contribution is 14.1. The van der Waals surface area contributed by atoms with Crippen LogP contribution in [0, 0.1) is 9.49 Å². The van der Waals surface area contributed by atoms with Crippen LogP contribution in [-0.4, -0.2) is 19.0 Å². The van der Waals surface area contributed by atoms with E-state index in [1.165, 1.54) is 0 Å². The normalized spacial score (nSPS) is 20.0. The van der Waals surface area contributed by atoms with Crippen molar-refractivity contribution in [1.29, 1.82) is 0 Å². The molecule has 0 saturated carbocycles. The third-order valence-corrected chi connectivity index (χ3v) is 3.84. The maximum atomic E-state index is 12.0. The van der Waals surface area contributed by atoms with Gasteiger partial charge in [-0.15, -0.1) is 0 Å². The highest BCUT2D eigenvalue weighted by atomic mass is 127. The Morgan fingerprint density at radius 3 is 3.00 bits per heavy atom. The van der Waals surface area contributed by atoms with Crippen LogP contribution in [0.15, 0.2) is 18.2 Å². The van der Waals surface area contributed by atoms with E-state index in [4.69, 9.17) is 11.6 Å². The van der Waals surface area contributed by atoms with Crippen molar-refractivity contribution in [3.05, 3.63) is 26.8 Å². The maximum absolute atomic E-state index is 12.0. The third-order valence-electron chi connectivity index (χ3n) is 2.86. The van der Waals surface area contributed by atoms with E-state index in [2.05, 4.69) is 33.2 Å². The molecule has 1 atom stereocenters. The van der Waals surface area contributed by atoms with Gasteiger partial charge in [0.1, 0.15) is 0 Å². The number of rotatable bonds is 2. The SMILES string of the molecule is O=C(Nc1ccc(I)cc1Cl)C1CCCNC1. The Hall–Kier alpha value is -0.330. The second-order valence-electron chi connectivity index (χ2n) is 4.16. The summed E-state index contributed by atoms with van der Waals surface area (Å²) in [5, 5.41) is 6.71. The van der Waals surface area contributed by atoms with Gasteiger partial charge in [0.25, 0.3) is 0 Å². The fraction of sp³-hybridized carbons (Fsp3) is 0.417. The van der Waals surface area contributed by atoms with E-state index in [9.17, 15) is 4.79 Å². The van der Waals surface area contributed by atoms with Gasteiger partial charge in [0.2, 0.25) is 5.91 Å². The van der Waals surface area contributed by atoms with Crippen molar-refractivity contribution < 1.29 is 4.79 Å². The molecular formula is C12H14ClIN2O. The third kappa shape index (κ3) is 3.56. The van der Waals surface area contributed by atoms with Gasteiger partial charge in [-0.3, -0.25) is 4.79 Å². The van der Waals surface area contributed by atoms with Gasteiger partial charge in [0, 0.05) is 10.1 Å². The van der Waals surface area contributed by atoms with E-state index in [1.807, 2.05) is 18.2 Å². The average Bonchev–Trinajstić information content (AvgIpc) is 2.34. The second-order valence-corrected chi connectivity index (χ2v) is 5.81. The molecule has 1 aliphatic rings. The van der Waals surface area contributed by atoms with Crippen LogP contribution in [0.4, 0.5) is 5.69 Å². The summed E-state index contributed by atoms with van der Waals surface area (Å²) in [6.45, 7) is 1.77. The van der Waals surface area contributed by atoms with E-state index in [0.717, 1.165) is 29.5 Å². The van der Waals surface area contributed by atoms with Gasteiger partial charge < -0.3 is 10.6 Å². The van der Waals surface area contributed by atoms with Crippen molar-refractivity contribution >= 4 is 45.8 Å². The van der Waals surface area contributed by atoms with E-state index < -0.39 is 0 Å². The Bertz CT molecular complexity index is 419. The lowest BCUT2D eigenvalue weighted by atomic mass is 9.99. The zero-order valence-electron chi connectivity index (χ0n) is 9.30. The molecule has 1 heterocycles. The van der Waals surface area contributed by atoms with Crippen LogP contribution in [-0.2, 0) is 4.79 Å². The number of hydrogen-bond acceptors (Lipinski definition) is 2. The molecule has 0 aromatic heterocycles. The average molecular weight is 365 g/mol. The molecule has 1 aromatic carbocycles. The van der Waals surface area contributed by atoms with Crippen LogP contribution in [0.25, 0.3) is 0 Å². The zero-order valence-corrected chi connectivity index (χ0v) is 12.2. The predicted octanol–water partition coefficient (Wildman–Crippen LogP) is 2.88. The van der Waals surface area contributed by atoms with E-state index in [-0.39, 0.29) is 11.8 Å². The van der Waals surface area contributed by atoms with Crippen LogP contribution in [0.3, 0.4) is 0 Å². The largest absolute Gasteiger partial charge is 0.324 e. The molecule has 2 rings (SSSR count). The zero-order chi connectivity index (χ0) is 12.3. The number of piperidine rings is 1. The Morgan fingerprint density at radius 1 is 1.53 bits per heavy atom. The highest BCUT2D eigenvalue weighted by Gasteiger charge is 2.21. The summed E-state index contributed by atoms with van der Waals surface area (Å²) in [4.78, 5) is 12.0. The monoisotopic (exact) mass is 364 g/mol. The second kappa shape index (κ2) is 6.02. The first kappa shape index (κ1) is 13.1.